The van der Waals surface area contributed by atoms with Crippen LogP contribution in [0.5, 0.6) is 0 Å². The van der Waals surface area contributed by atoms with Crippen LogP contribution in [-0.2, 0) is 0 Å². The minimum absolute atomic E-state index is 0.451. The number of benzene rings is 1. The number of hydrogen-bond donors (Lipinski definition) is 2. The van der Waals surface area contributed by atoms with Gasteiger partial charge >= 0.3 is 0 Å². The largest absolute Gasteiger partial charge is 0.384 e. The second-order valence-corrected chi connectivity index (χ2v) is 5.72. The van der Waals surface area contributed by atoms with Gasteiger partial charge in [0.25, 0.3) is 0 Å². The number of hydrogen-bond acceptors (Lipinski definition) is 3. The number of fused-ring (bicyclic) bond motifs is 1. The third-order valence-corrected chi connectivity index (χ3v) is 4.13. The van der Waals surface area contributed by atoms with Gasteiger partial charge in [-0.15, -0.1) is 0 Å². The number of aryl methyl sites for hydroxylation is 1. The quantitative estimate of drug-likeness (QED) is 0.863. The first-order chi connectivity index (χ1) is 9.22. The van der Waals surface area contributed by atoms with Crippen molar-refractivity contribution in [2.24, 2.45) is 11.1 Å². The second-order valence-electron chi connectivity index (χ2n) is 5.72. The molecule has 1 aromatic carbocycles. The maximum absolute atomic E-state index is 5.70. The third kappa shape index (κ3) is 2.56. The molecule has 19 heavy (non-hydrogen) atoms. The monoisotopic (exact) mass is 255 g/mol. The van der Waals surface area contributed by atoms with Gasteiger partial charge in [0.1, 0.15) is 0 Å². The van der Waals surface area contributed by atoms with Gasteiger partial charge in [-0.2, -0.15) is 0 Å². The van der Waals surface area contributed by atoms with Gasteiger partial charge in [-0.05, 0) is 50.3 Å². The molecular formula is C16H21N3. The lowest BCUT2D eigenvalue weighted by atomic mass is 10.0. The van der Waals surface area contributed by atoms with Crippen LogP contribution in [0.2, 0.25) is 0 Å². The summed E-state index contributed by atoms with van der Waals surface area (Å²) in [4.78, 5) is 4.57. The van der Waals surface area contributed by atoms with E-state index in [1.165, 1.54) is 23.9 Å². The Labute approximate surface area is 114 Å². The van der Waals surface area contributed by atoms with Crippen molar-refractivity contribution in [2.45, 2.75) is 26.2 Å². The molecule has 3 heteroatoms. The van der Waals surface area contributed by atoms with Crippen LogP contribution < -0.4 is 11.1 Å². The highest BCUT2D eigenvalue weighted by Gasteiger charge is 2.41. The SMILES string of the molecule is Cc1cc(NCC2(CCN)CC2)c2ccccc2n1. The topological polar surface area (TPSA) is 50.9 Å². The smallest absolute Gasteiger partial charge is 0.0725 e. The maximum atomic E-state index is 5.70. The Morgan fingerprint density at radius 1 is 1.32 bits per heavy atom. The van der Waals surface area contributed by atoms with Crippen molar-refractivity contribution < 1.29 is 0 Å². The number of nitrogens with zero attached hydrogens (tertiary/aromatic N) is 1. The highest BCUT2D eigenvalue weighted by molar-refractivity contribution is 5.91. The highest BCUT2D eigenvalue weighted by Crippen LogP contribution is 2.48. The molecule has 2 aromatic rings. The van der Waals surface area contributed by atoms with Crippen LogP contribution in [0.1, 0.15) is 25.0 Å². The van der Waals surface area contributed by atoms with E-state index < -0.39 is 0 Å². The average Bonchev–Trinajstić information content (AvgIpc) is 3.16. The van der Waals surface area contributed by atoms with E-state index in [2.05, 4.69) is 34.6 Å². The summed E-state index contributed by atoms with van der Waals surface area (Å²) < 4.78 is 0. The summed E-state index contributed by atoms with van der Waals surface area (Å²) in [7, 11) is 0. The molecule has 3 rings (SSSR count). The standard InChI is InChI=1S/C16H21N3/c1-12-10-15(13-4-2-3-5-14(13)19-12)18-11-16(6-7-16)8-9-17/h2-5,10H,6-9,11,17H2,1H3,(H,18,19). The van der Waals surface area contributed by atoms with Crippen molar-refractivity contribution in [1.82, 2.24) is 4.98 Å². The van der Waals surface area contributed by atoms with Gasteiger partial charge in [0.15, 0.2) is 0 Å². The Morgan fingerprint density at radius 2 is 2.11 bits per heavy atom. The van der Waals surface area contributed by atoms with Crippen molar-refractivity contribution in [3.05, 3.63) is 36.0 Å². The molecule has 0 amide bonds. The molecule has 3 nitrogen and oxygen atoms in total. The van der Waals surface area contributed by atoms with Crippen LogP contribution in [0.15, 0.2) is 30.3 Å². The Bertz CT molecular complexity index is 588. The molecule has 0 saturated heterocycles. The molecule has 1 aliphatic carbocycles. The minimum Gasteiger partial charge on any atom is -0.384 e. The van der Waals surface area contributed by atoms with Gasteiger partial charge < -0.3 is 11.1 Å². The number of aromatic nitrogens is 1. The Balaban J connectivity index is 1.84. The van der Waals surface area contributed by atoms with E-state index in [0.29, 0.717) is 5.41 Å². The Kier molecular flexibility index (Phi) is 3.15. The van der Waals surface area contributed by atoms with Crippen LogP contribution in [0.3, 0.4) is 0 Å². The fraction of sp³-hybridized carbons (Fsp3) is 0.438. The van der Waals surface area contributed by atoms with Crippen LogP contribution in [0, 0.1) is 12.3 Å². The Morgan fingerprint density at radius 3 is 2.84 bits per heavy atom. The van der Waals surface area contributed by atoms with Gasteiger partial charge in [0.05, 0.1) is 5.52 Å². The van der Waals surface area contributed by atoms with Crippen molar-refractivity contribution in [1.29, 1.82) is 0 Å². The lowest BCUT2D eigenvalue weighted by molar-refractivity contribution is 0.501. The number of nitrogens with one attached hydrogen (secondary N) is 1. The van der Waals surface area contributed by atoms with E-state index in [9.17, 15) is 0 Å². The van der Waals surface area contributed by atoms with Gasteiger partial charge in [-0.1, -0.05) is 18.2 Å². The van der Waals surface area contributed by atoms with Crippen molar-refractivity contribution in [2.75, 3.05) is 18.4 Å². The molecule has 100 valence electrons. The minimum atomic E-state index is 0.451. The molecule has 0 bridgehead atoms. The molecule has 1 saturated carbocycles. The fourth-order valence-corrected chi connectivity index (χ4v) is 2.73. The molecule has 1 fully saturated rings. The first-order valence-electron chi connectivity index (χ1n) is 7.03. The van der Waals surface area contributed by atoms with Crippen LogP contribution in [-0.4, -0.2) is 18.1 Å². The first kappa shape index (κ1) is 12.4. The number of pyridine rings is 1. The lowest BCUT2D eigenvalue weighted by Gasteiger charge is -2.17. The molecular weight excluding hydrogens is 234 g/mol. The van der Waals surface area contributed by atoms with E-state index >= 15 is 0 Å². The molecule has 0 aliphatic heterocycles. The zero-order chi connectivity index (χ0) is 13.3. The molecule has 3 N–H and O–H groups in total. The summed E-state index contributed by atoms with van der Waals surface area (Å²) in [5.41, 5.74) is 9.48. The van der Waals surface area contributed by atoms with Crippen LogP contribution in [0.25, 0.3) is 10.9 Å². The maximum Gasteiger partial charge on any atom is 0.0725 e. The number of para-hydroxylation sites is 1. The van der Waals surface area contributed by atoms with Gasteiger partial charge in [0.2, 0.25) is 0 Å². The van der Waals surface area contributed by atoms with Crippen molar-refractivity contribution in [3.63, 3.8) is 0 Å². The lowest BCUT2D eigenvalue weighted by Crippen LogP contribution is -2.19. The summed E-state index contributed by atoms with van der Waals surface area (Å²) in [5, 5.41) is 4.83. The Hall–Kier alpha value is -1.61. The molecule has 0 unspecified atom stereocenters. The van der Waals surface area contributed by atoms with E-state index in [-0.39, 0.29) is 0 Å². The van der Waals surface area contributed by atoms with E-state index in [0.717, 1.165) is 30.7 Å². The van der Waals surface area contributed by atoms with Crippen molar-refractivity contribution in [3.8, 4) is 0 Å². The van der Waals surface area contributed by atoms with Gasteiger partial charge in [-0.25, -0.2) is 0 Å². The molecule has 1 heterocycles. The van der Waals surface area contributed by atoms with Crippen molar-refractivity contribution >= 4 is 16.6 Å². The molecule has 0 atom stereocenters. The molecule has 1 aliphatic rings. The summed E-state index contributed by atoms with van der Waals surface area (Å²) in [6, 6.07) is 10.4. The third-order valence-electron chi connectivity index (χ3n) is 4.13. The second kappa shape index (κ2) is 4.82. The summed E-state index contributed by atoms with van der Waals surface area (Å²) in [6.07, 6.45) is 3.74. The predicted octanol–water partition coefficient (Wildman–Crippen LogP) is 3.08. The molecule has 1 aromatic heterocycles. The summed E-state index contributed by atoms with van der Waals surface area (Å²) >= 11 is 0. The fourth-order valence-electron chi connectivity index (χ4n) is 2.73. The summed E-state index contributed by atoms with van der Waals surface area (Å²) in [5.74, 6) is 0. The summed E-state index contributed by atoms with van der Waals surface area (Å²) in [6.45, 7) is 3.86. The molecule has 0 radical (unpaired) electrons. The predicted molar refractivity (Wildman–Crippen MR) is 80.3 cm³/mol. The molecule has 0 spiro atoms. The zero-order valence-electron chi connectivity index (χ0n) is 11.4. The van der Waals surface area contributed by atoms with E-state index in [1.54, 1.807) is 0 Å². The number of rotatable bonds is 5. The number of anilines is 1. The van der Waals surface area contributed by atoms with Gasteiger partial charge in [0, 0.05) is 23.3 Å². The normalized spacial score (nSPS) is 16.5. The average molecular weight is 255 g/mol. The van der Waals surface area contributed by atoms with E-state index in [1.807, 2.05) is 13.0 Å². The van der Waals surface area contributed by atoms with Crippen LogP contribution >= 0.6 is 0 Å². The van der Waals surface area contributed by atoms with Gasteiger partial charge in [-0.3, -0.25) is 4.98 Å². The zero-order valence-corrected chi connectivity index (χ0v) is 11.4. The van der Waals surface area contributed by atoms with E-state index in [4.69, 9.17) is 5.73 Å². The number of nitrogens with two attached hydrogens (primary N) is 1. The van der Waals surface area contributed by atoms with Crippen LogP contribution in [0.4, 0.5) is 5.69 Å². The first-order valence-corrected chi connectivity index (χ1v) is 7.03. The highest BCUT2D eigenvalue weighted by atomic mass is 14.9.